The van der Waals surface area contributed by atoms with Gasteiger partial charge in [0.2, 0.25) is 0 Å². The number of carbonyl (C=O) groups excluding carboxylic acids is 2. The van der Waals surface area contributed by atoms with Crippen LogP contribution in [0.2, 0.25) is 0 Å². The van der Waals surface area contributed by atoms with Crippen molar-refractivity contribution < 1.29 is 11.0 Å². The van der Waals surface area contributed by atoms with Gasteiger partial charge in [-0.05, 0) is 49.7 Å². The number of carbonyl (C=O) groups is 2. The Kier molecular flexibility index (Phi) is 4.97. The highest BCUT2D eigenvalue weighted by Gasteiger charge is 2.24. The SMILES string of the molecule is Cc1ncccc1C(=O)N1CCCN(C(=O)c2ccc(N)cc2)CC1.[HH]. The molecule has 2 amide bonds. The van der Waals surface area contributed by atoms with Gasteiger partial charge in [0.1, 0.15) is 0 Å². The lowest BCUT2D eigenvalue weighted by molar-refractivity contribution is 0.0718. The molecule has 25 heavy (non-hydrogen) atoms. The van der Waals surface area contributed by atoms with Crippen LogP contribution in [-0.2, 0) is 0 Å². The third-order valence-electron chi connectivity index (χ3n) is 4.47. The van der Waals surface area contributed by atoms with Gasteiger partial charge in [-0.15, -0.1) is 0 Å². The van der Waals surface area contributed by atoms with Crippen LogP contribution in [0.4, 0.5) is 5.69 Å². The zero-order chi connectivity index (χ0) is 17.8. The lowest BCUT2D eigenvalue weighted by atomic mass is 10.1. The third kappa shape index (κ3) is 3.79. The Balaban J connectivity index is 0.00000243. The van der Waals surface area contributed by atoms with Gasteiger partial charge >= 0.3 is 0 Å². The molecule has 2 N–H and O–H groups in total. The number of anilines is 1. The predicted octanol–water partition coefficient (Wildman–Crippen LogP) is 2.21. The predicted molar refractivity (Wildman–Crippen MR) is 98.4 cm³/mol. The molecule has 0 unspecified atom stereocenters. The number of amides is 2. The van der Waals surface area contributed by atoms with Crippen LogP contribution < -0.4 is 5.73 Å². The van der Waals surface area contributed by atoms with Gasteiger partial charge in [0.15, 0.2) is 0 Å². The summed E-state index contributed by atoms with van der Waals surface area (Å²) < 4.78 is 0. The summed E-state index contributed by atoms with van der Waals surface area (Å²) in [6.45, 7) is 4.15. The fourth-order valence-electron chi connectivity index (χ4n) is 3.01. The van der Waals surface area contributed by atoms with Crippen LogP contribution in [0.3, 0.4) is 0 Å². The lowest BCUT2D eigenvalue weighted by Gasteiger charge is -2.22. The second-order valence-electron chi connectivity index (χ2n) is 6.20. The Hall–Kier alpha value is -2.89. The number of hydrogen-bond donors (Lipinski definition) is 1. The molecule has 2 aromatic rings. The number of benzene rings is 1. The Labute approximate surface area is 148 Å². The summed E-state index contributed by atoms with van der Waals surface area (Å²) in [4.78, 5) is 33.2. The lowest BCUT2D eigenvalue weighted by Crippen LogP contribution is -2.37. The van der Waals surface area contributed by atoms with E-state index < -0.39 is 0 Å². The average molecular weight is 340 g/mol. The average Bonchev–Trinajstić information content (AvgIpc) is 2.88. The van der Waals surface area contributed by atoms with E-state index in [0.29, 0.717) is 43.0 Å². The number of aromatic nitrogens is 1. The van der Waals surface area contributed by atoms with E-state index in [2.05, 4.69) is 4.98 Å². The molecular formula is C19H24N4O2. The molecule has 0 atom stereocenters. The normalized spacial score (nSPS) is 14.9. The van der Waals surface area contributed by atoms with Crippen molar-refractivity contribution in [1.82, 2.24) is 14.8 Å². The van der Waals surface area contributed by atoms with Gasteiger partial charge in [-0.1, -0.05) is 0 Å². The number of pyridine rings is 1. The molecule has 3 rings (SSSR count). The first-order valence-electron chi connectivity index (χ1n) is 8.42. The summed E-state index contributed by atoms with van der Waals surface area (Å²) in [6, 6.07) is 10.5. The molecule has 1 aliphatic rings. The minimum Gasteiger partial charge on any atom is -0.399 e. The Morgan fingerprint density at radius 3 is 2.28 bits per heavy atom. The largest absolute Gasteiger partial charge is 0.399 e. The van der Waals surface area contributed by atoms with Crippen molar-refractivity contribution in [2.75, 3.05) is 31.9 Å². The second kappa shape index (κ2) is 7.34. The van der Waals surface area contributed by atoms with Crippen LogP contribution in [0.5, 0.6) is 0 Å². The summed E-state index contributed by atoms with van der Waals surface area (Å²) in [5.41, 5.74) is 8.29. The van der Waals surface area contributed by atoms with Crippen molar-refractivity contribution in [2.45, 2.75) is 13.3 Å². The number of aryl methyl sites for hydroxylation is 1. The van der Waals surface area contributed by atoms with Gasteiger partial charge in [-0.3, -0.25) is 14.6 Å². The van der Waals surface area contributed by atoms with Crippen molar-refractivity contribution in [3.63, 3.8) is 0 Å². The minimum atomic E-state index is -0.0214. The molecule has 0 saturated carbocycles. The molecule has 0 radical (unpaired) electrons. The topological polar surface area (TPSA) is 79.5 Å². The zero-order valence-corrected chi connectivity index (χ0v) is 14.3. The fraction of sp³-hybridized carbons (Fsp3) is 0.316. The monoisotopic (exact) mass is 340 g/mol. The molecule has 0 spiro atoms. The molecule has 6 nitrogen and oxygen atoms in total. The Bertz CT molecular complexity index is 779. The Morgan fingerprint density at radius 1 is 1.00 bits per heavy atom. The van der Waals surface area contributed by atoms with Gasteiger partial charge in [-0.25, -0.2) is 0 Å². The maximum Gasteiger partial charge on any atom is 0.255 e. The smallest absolute Gasteiger partial charge is 0.255 e. The molecule has 6 heteroatoms. The van der Waals surface area contributed by atoms with Gasteiger partial charge in [0.25, 0.3) is 11.8 Å². The molecule has 1 saturated heterocycles. The van der Waals surface area contributed by atoms with E-state index in [1.165, 1.54) is 0 Å². The van der Waals surface area contributed by atoms with Crippen molar-refractivity contribution in [2.24, 2.45) is 0 Å². The van der Waals surface area contributed by atoms with Gasteiger partial charge in [0.05, 0.1) is 5.56 Å². The number of nitrogen functional groups attached to an aromatic ring is 1. The number of rotatable bonds is 2. The van der Waals surface area contributed by atoms with Crippen molar-refractivity contribution in [3.05, 3.63) is 59.4 Å². The van der Waals surface area contributed by atoms with Gasteiger partial charge < -0.3 is 15.5 Å². The second-order valence-corrected chi connectivity index (χ2v) is 6.20. The summed E-state index contributed by atoms with van der Waals surface area (Å²) in [6.07, 6.45) is 2.44. The molecule has 0 bridgehead atoms. The fourth-order valence-corrected chi connectivity index (χ4v) is 3.01. The quantitative estimate of drug-likeness (QED) is 0.850. The molecule has 1 fully saturated rings. The van der Waals surface area contributed by atoms with Crippen LogP contribution in [0.15, 0.2) is 42.6 Å². The van der Waals surface area contributed by atoms with Crippen LogP contribution in [0, 0.1) is 6.92 Å². The van der Waals surface area contributed by atoms with E-state index >= 15 is 0 Å². The van der Waals surface area contributed by atoms with E-state index in [1.807, 2.05) is 6.92 Å². The molecule has 1 aromatic carbocycles. The minimum absolute atomic E-state index is 0. The van der Waals surface area contributed by atoms with Crippen molar-refractivity contribution in [1.29, 1.82) is 0 Å². The highest BCUT2D eigenvalue weighted by Crippen LogP contribution is 2.14. The summed E-state index contributed by atoms with van der Waals surface area (Å²) in [5, 5.41) is 0. The van der Waals surface area contributed by atoms with E-state index in [-0.39, 0.29) is 13.2 Å². The summed E-state index contributed by atoms with van der Waals surface area (Å²) in [7, 11) is 0. The van der Waals surface area contributed by atoms with Crippen molar-refractivity contribution in [3.8, 4) is 0 Å². The Morgan fingerprint density at radius 2 is 1.64 bits per heavy atom. The van der Waals surface area contributed by atoms with Crippen LogP contribution >= 0.6 is 0 Å². The first kappa shape index (κ1) is 17.0. The number of nitrogens with zero attached hydrogens (tertiary/aromatic N) is 3. The van der Waals surface area contributed by atoms with Gasteiger partial charge in [-0.2, -0.15) is 0 Å². The highest BCUT2D eigenvalue weighted by molar-refractivity contribution is 5.96. The highest BCUT2D eigenvalue weighted by atomic mass is 16.2. The van der Waals surface area contributed by atoms with E-state index in [1.54, 1.807) is 52.4 Å². The summed E-state index contributed by atoms with van der Waals surface area (Å²) in [5.74, 6) is -0.0424. The van der Waals surface area contributed by atoms with Gasteiger partial charge in [0, 0.05) is 50.7 Å². The molecule has 2 heterocycles. The van der Waals surface area contributed by atoms with E-state index in [4.69, 9.17) is 5.73 Å². The number of hydrogen-bond acceptors (Lipinski definition) is 4. The first-order chi connectivity index (χ1) is 12.1. The van der Waals surface area contributed by atoms with Crippen molar-refractivity contribution >= 4 is 17.5 Å². The van der Waals surface area contributed by atoms with Crippen LogP contribution in [0.25, 0.3) is 0 Å². The molecule has 0 aliphatic carbocycles. The molecule has 1 aromatic heterocycles. The molecular weight excluding hydrogens is 316 g/mol. The number of nitrogens with two attached hydrogens (primary N) is 1. The van der Waals surface area contributed by atoms with E-state index in [0.717, 1.165) is 12.1 Å². The summed E-state index contributed by atoms with van der Waals surface area (Å²) >= 11 is 0. The third-order valence-corrected chi connectivity index (χ3v) is 4.47. The zero-order valence-electron chi connectivity index (χ0n) is 14.3. The van der Waals surface area contributed by atoms with Crippen LogP contribution in [0.1, 0.15) is 34.3 Å². The van der Waals surface area contributed by atoms with E-state index in [9.17, 15) is 9.59 Å². The standard InChI is InChI=1S/C19H22N4O2.H2/c1-14-17(4-2-9-21-14)19(25)23-11-3-10-22(12-13-23)18(24)15-5-7-16(20)8-6-15;/h2,4-9H,3,10-13,20H2,1H3;1H. The first-order valence-corrected chi connectivity index (χ1v) is 8.42. The van der Waals surface area contributed by atoms with Crippen LogP contribution in [-0.4, -0.2) is 52.8 Å². The molecule has 132 valence electrons. The molecule has 1 aliphatic heterocycles. The maximum atomic E-state index is 12.7. The maximum absolute atomic E-state index is 12.7.